The van der Waals surface area contributed by atoms with Crippen LogP contribution < -0.4 is 10.5 Å². The van der Waals surface area contributed by atoms with Gasteiger partial charge in [0.05, 0.1) is 15.7 Å². The molecule has 0 atom stereocenters. The normalized spacial score (nSPS) is 11.5. The number of nitrogens with two attached hydrogens (primary N) is 1. The number of aromatic nitrogens is 1. The second-order valence-electron chi connectivity index (χ2n) is 4.39. The van der Waals surface area contributed by atoms with Crippen LogP contribution in [0.2, 0.25) is 0 Å². The smallest absolute Gasteiger partial charge is 0.175 e. The van der Waals surface area contributed by atoms with Crippen LogP contribution in [0.1, 0.15) is 17.0 Å². The zero-order valence-corrected chi connectivity index (χ0v) is 13.0. The van der Waals surface area contributed by atoms with Crippen LogP contribution in [-0.2, 0) is 0 Å². The predicted octanol–water partition coefficient (Wildman–Crippen LogP) is 3.49. The van der Waals surface area contributed by atoms with Crippen LogP contribution in [0.25, 0.3) is 0 Å². The van der Waals surface area contributed by atoms with Crippen molar-refractivity contribution < 1.29 is 14.3 Å². The Morgan fingerprint density at radius 2 is 2.10 bits per heavy atom. The van der Waals surface area contributed by atoms with E-state index >= 15 is 0 Å². The van der Waals surface area contributed by atoms with Crippen LogP contribution in [0.15, 0.2) is 33.9 Å². The van der Waals surface area contributed by atoms with Gasteiger partial charge in [0.25, 0.3) is 0 Å². The topological polar surface area (TPSA) is 80.7 Å². The molecule has 0 amide bonds. The highest BCUT2D eigenvalue weighted by atomic mass is 79.9. The highest BCUT2D eigenvalue weighted by molar-refractivity contribution is 9.10. The summed E-state index contributed by atoms with van der Waals surface area (Å²) < 4.78 is 19.2. The average molecular weight is 354 g/mol. The number of rotatable bonds is 3. The SMILES string of the molecule is Cc1cc(Oc2ccc(F)c(Br)c2)c(/C(N)=N/O)c(C)n1. The maximum Gasteiger partial charge on any atom is 0.175 e. The molecule has 0 saturated carbocycles. The second-order valence-corrected chi connectivity index (χ2v) is 5.24. The number of benzene rings is 1. The quantitative estimate of drug-likeness (QED) is 0.383. The van der Waals surface area contributed by atoms with Crippen molar-refractivity contribution in [2.75, 3.05) is 0 Å². The van der Waals surface area contributed by atoms with Crippen molar-refractivity contribution >= 4 is 21.8 Å². The first-order chi connectivity index (χ1) is 9.92. The monoisotopic (exact) mass is 353 g/mol. The largest absolute Gasteiger partial charge is 0.456 e. The predicted molar refractivity (Wildman–Crippen MR) is 80.4 cm³/mol. The molecule has 3 N–H and O–H groups in total. The van der Waals surface area contributed by atoms with Crippen LogP contribution in [0.5, 0.6) is 11.5 Å². The molecule has 0 spiro atoms. The van der Waals surface area contributed by atoms with Crippen LogP contribution in [0.3, 0.4) is 0 Å². The summed E-state index contributed by atoms with van der Waals surface area (Å²) in [7, 11) is 0. The Hall–Kier alpha value is -2.15. The highest BCUT2D eigenvalue weighted by Crippen LogP contribution is 2.30. The molecule has 0 unspecified atom stereocenters. The number of pyridine rings is 1. The van der Waals surface area contributed by atoms with E-state index in [0.717, 1.165) is 5.69 Å². The molecule has 110 valence electrons. The van der Waals surface area contributed by atoms with Crippen molar-refractivity contribution in [1.29, 1.82) is 0 Å². The summed E-state index contributed by atoms with van der Waals surface area (Å²) in [5.74, 6) is 0.311. The van der Waals surface area contributed by atoms with Crippen molar-refractivity contribution in [2.24, 2.45) is 10.9 Å². The molecule has 0 radical (unpaired) electrons. The number of halogens is 2. The van der Waals surface area contributed by atoms with E-state index in [4.69, 9.17) is 15.7 Å². The van der Waals surface area contributed by atoms with E-state index in [1.54, 1.807) is 19.9 Å². The van der Waals surface area contributed by atoms with Crippen LogP contribution in [-0.4, -0.2) is 16.0 Å². The molecule has 0 aliphatic rings. The fourth-order valence-electron chi connectivity index (χ4n) is 1.90. The number of hydrogen-bond acceptors (Lipinski definition) is 4. The minimum Gasteiger partial charge on any atom is -0.456 e. The average Bonchev–Trinajstić information content (AvgIpc) is 2.41. The number of nitrogens with zero attached hydrogens (tertiary/aromatic N) is 2. The van der Waals surface area contributed by atoms with Gasteiger partial charge in [0.2, 0.25) is 0 Å². The molecule has 2 rings (SSSR count). The van der Waals surface area contributed by atoms with E-state index in [1.807, 2.05) is 0 Å². The Balaban J connectivity index is 2.50. The van der Waals surface area contributed by atoms with Gasteiger partial charge in [0.1, 0.15) is 17.3 Å². The van der Waals surface area contributed by atoms with Crippen LogP contribution in [0.4, 0.5) is 4.39 Å². The standard InChI is InChI=1S/C14H13BrFN3O2/c1-7-5-12(13(8(2)18-7)14(17)19-20)21-9-3-4-11(16)10(15)6-9/h3-6,20H,1-2H3,(H2,17,19). The first kappa shape index (κ1) is 15.2. The van der Waals surface area contributed by atoms with E-state index < -0.39 is 0 Å². The second kappa shape index (κ2) is 6.09. The van der Waals surface area contributed by atoms with E-state index in [1.165, 1.54) is 18.2 Å². The molecular formula is C14H13BrFN3O2. The van der Waals surface area contributed by atoms with Gasteiger partial charge >= 0.3 is 0 Å². The minimum absolute atomic E-state index is 0.101. The van der Waals surface area contributed by atoms with E-state index in [0.29, 0.717) is 22.8 Å². The van der Waals surface area contributed by atoms with Crippen molar-refractivity contribution in [3.05, 3.63) is 51.5 Å². The van der Waals surface area contributed by atoms with Crippen molar-refractivity contribution in [3.63, 3.8) is 0 Å². The number of aryl methyl sites for hydroxylation is 2. The zero-order chi connectivity index (χ0) is 15.6. The van der Waals surface area contributed by atoms with Crippen LogP contribution in [0, 0.1) is 19.7 Å². The molecule has 1 aromatic heterocycles. The number of ether oxygens (including phenoxy) is 1. The first-order valence-electron chi connectivity index (χ1n) is 6.01. The van der Waals surface area contributed by atoms with Crippen molar-refractivity contribution in [1.82, 2.24) is 4.98 Å². The number of oxime groups is 1. The summed E-state index contributed by atoms with van der Waals surface area (Å²) in [6.45, 7) is 3.53. The zero-order valence-electron chi connectivity index (χ0n) is 11.4. The van der Waals surface area contributed by atoms with Gasteiger partial charge in [-0.1, -0.05) is 5.16 Å². The molecule has 0 fully saturated rings. The van der Waals surface area contributed by atoms with Gasteiger partial charge < -0.3 is 15.7 Å². The van der Waals surface area contributed by atoms with Gasteiger partial charge in [-0.15, -0.1) is 0 Å². The van der Waals surface area contributed by atoms with E-state index in [2.05, 4.69) is 26.1 Å². The molecular weight excluding hydrogens is 341 g/mol. The summed E-state index contributed by atoms with van der Waals surface area (Å²) in [5, 5.41) is 11.9. The summed E-state index contributed by atoms with van der Waals surface area (Å²) in [5.41, 5.74) is 7.35. The molecule has 0 saturated heterocycles. The lowest BCUT2D eigenvalue weighted by Gasteiger charge is -2.13. The molecule has 2 aromatic rings. The molecule has 0 aliphatic carbocycles. The van der Waals surface area contributed by atoms with Gasteiger partial charge in [0, 0.05) is 11.8 Å². The van der Waals surface area contributed by atoms with Gasteiger partial charge in [-0.3, -0.25) is 4.98 Å². The lowest BCUT2D eigenvalue weighted by atomic mass is 10.1. The lowest BCUT2D eigenvalue weighted by Crippen LogP contribution is -2.17. The third-order valence-corrected chi connectivity index (χ3v) is 3.38. The highest BCUT2D eigenvalue weighted by Gasteiger charge is 2.15. The summed E-state index contributed by atoms with van der Waals surface area (Å²) >= 11 is 3.09. The first-order valence-corrected chi connectivity index (χ1v) is 6.80. The van der Waals surface area contributed by atoms with Gasteiger partial charge in [-0.25, -0.2) is 4.39 Å². The van der Waals surface area contributed by atoms with E-state index in [9.17, 15) is 4.39 Å². The Kier molecular flexibility index (Phi) is 4.42. The lowest BCUT2D eigenvalue weighted by molar-refractivity contribution is 0.318. The molecule has 21 heavy (non-hydrogen) atoms. The molecule has 0 bridgehead atoms. The summed E-state index contributed by atoms with van der Waals surface area (Å²) in [4.78, 5) is 4.26. The van der Waals surface area contributed by atoms with Crippen molar-refractivity contribution in [3.8, 4) is 11.5 Å². The molecule has 5 nitrogen and oxygen atoms in total. The third-order valence-electron chi connectivity index (χ3n) is 2.77. The Labute approximate surface area is 129 Å². The maximum atomic E-state index is 13.2. The molecule has 7 heteroatoms. The Bertz CT molecular complexity index is 720. The summed E-state index contributed by atoms with van der Waals surface area (Å²) in [6.07, 6.45) is 0. The fourth-order valence-corrected chi connectivity index (χ4v) is 2.26. The molecule has 1 heterocycles. The Morgan fingerprint density at radius 3 is 2.71 bits per heavy atom. The minimum atomic E-state index is -0.388. The number of hydrogen-bond donors (Lipinski definition) is 2. The van der Waals surface area contributed by atoms with Gasteiger partial charge in [0.15, 0.2) is 5.84 Å². The van der Waals surface area contributed by atoms with Gasteiger partial charge in [-0.05, 0) is 48.0 Å². The molecule has 1 aromatic carbocycles. The number of amidine groups is 1. The van der Waals surface area contributed by atoms with Gasteiger partial charge in [-0.2, -0.15) is 0 Å². The molecule has 0 aliphatic heterocycles. The van der Waals surface area contributed by atoms with E-state index in [-0.39, 0.29) is 16.1 Å². The van der Waals surface area contributed by atoms with Crippen molar-refractivity contribution in [2.45, 2.75) is 13.8 Å². The fraction of sp³-hybridized carbons (Fsp3) is 0.143. The Morgan fingerprint density at radius 1 is 1.38 bits per heavy atom. The third kappa shape index (κ3) is 3.30. The summed E-state index contributed by atoms with van der Waals surface area (Å²) in [6, 6.07) is 5.93. The maximum absolute atomic E-state index is 13.2. The van der Waals surface area contributed by atoms with Crippen LogP contribution >= 0.6 is 15.9 Å².